The van der Waals surface area contributed by atoms with Crippen LogP contribution in [-0.4, -0.2) is 47.4 Å². The van der Waals surface area contributed by atoms with Crippen molar-refractivity contribution in [1.82, 2.24) is 5.32 Å². The Hall–Kier alpha value is -1.92. The number of nitrogens with one attached hydrogen (secondary N) is 1. The molecule has 3 N–H and O–H groups in total. The molecule has 0 radical (unpaired) electrons. The molecule has 66 heavy (non-hydrogen) atoms. The summed E-state index contributed by atoms with van der Waals surface area (Å²) in [5.74, 6) is -0.0835. The molecule has 0 aliphatic carbocycles. The van der Waals surface area contributed by atoms with Crippen molar-refractivity contribution in [1.29, 1.82) is 0 Å². The van der Waals surface area contributed by atoms with Crippen LogP contribution < -0.4 is 5.32 Å². The zero-order valence-corrected chi connectivity index (χ0v) is 44.2. The van der Waals surface area contributed by atoms with Crippen LogP contribution in [0, 0.1) is 0 Å². The second-order valence-electron chi connectivity index (χ2n) is 20.0. The lowest BCUT2D eigenvalue weighted by molar-refractivity contribution is -0.143. The summed E-state index contributed by atoms with van der Waals surface area (Å²) in [5.41, 5.74) is 0. The van der Waals surface area contributed by atoms with Crippen LogP contribution >= 0.6 is 0 Å². The predicted octanol–water partition coefficient (Wildman–Crippen LogP) is 18.0. The zero-order chi connectivity index (χ0) is 47.9. The Labute approximate surface area is 411 Å². The molecule has 0 aromatic heterocycles. The smallest absolute Gasteiger partial charge is 0.305 e. The quantitative estimate of drug-likeness (QED) is 0.0321. The first-order valence-corrected chi connectivity index (χ1v) is 29.2. The van der Waals surface area contributed by atoms with Crippen LogP contribution in [0.25, 0.3) is 0 Å². The largest absolute Gasteiger partial charge is 0.465 e. The molecule has 0 fully saturated rings. The van der Waals surface area contributed by atoms with Crippen molar-refractivity contribution in [2.24, 2.45) is 0 Å². The molecule has 2 atom stereocenters. The second kappa shape index (κ2) is 55.7. The number of carbonyl (C=O) groups is 2. The number of hydrogen-bond donors (Lipinski definition) is 3. The fourth-order valence-corrected chi connectivity index (χ4v) is 8.94. The van der Waals surface area contributed by atoms with Gasteiger partial charge in [0.05, 0.1) is 25.4 Å². The molecule has 0 rings (SSSR count). The highest BCUT2D eigenvalue weighted by Gasteiger charge is 2.20. The van der Waals surface area contributed by atoms with E-state index in [0.717, 1.165) is 51.4 Å². The highest BCUT2D eigenvalue weighted by atomic mass is 16.5. The van der Waals surface area contributed by atoms with Crippen molar-refractivity contribution < 1.29 is 24.5 Å². The highest BCUT2D eigenvalue weighted by Crippen LogP contribution is 2.17. The number of carbonyl (C=O) groups excluding carboxylic acids is 2. The maximum Gasteiger partial charge on any atom is 0.305 e. The Bertz CT molecular complexity index is 1070. The normalized spacial score (nSPS) is 12.8. The standard InChI is InChI=1S/C60H113NO5/c1-3-5-7-9-11-13-15-17-25-29-32-36-40-44-48-52-58(63)57(56-62)61-59(64)53-49-45-41-37-33-30-26-23-21-19-18-20-22-24-27-31-35-39-43-47-51-55-66-60(65)54-50-46-42-38-34-28-16-14-12-10-8-6-4-2/h14,16,31,35,43,47,57-58,62-63H,3-13,15,17-30,32-34,36-42,44-46,48-56H2,1-2H3,(H,61,64)/b16-14-,35-31-,47-43-. The summed E-state index contributed by atoms with van der Waals surface area (Å²) in [5, 5.41) is 23.3. The van der Waals surface area contributed by atoms with Gasteiger partial charge in [0.1, 0.15) is 0 Å². The van der Waals surface area contributed by atoms with Crippen LogP contribution in [0.1, 0.15) is 309 Å². The molecule has 1 amide bonds. The van der Waals surface area contributed by atoms with Crippen LogP contribution in [0.4, 0.5) is 0 Å². The third-order valence-corrected chi connectivity index (χ3v) is 13.4. The van der Waals surface area contributed by atoms with Crippen LogP contribution in [0.2, 0.25) is 0 Å². The van der Waals surface area contributed by atoms with E-state index in [4.69, 9.17) is 4.74 Å². The van der Waals surface area contributed by atoms with E-state index in [2.05, 4.69) is 55.6 Å². The number of allylic oxidation sites excluding steroid dienone is 5. The topological polar surface area (TPSA) is 95.9 Å². The Morgan fingerprint density at radius 1 is 0.424 bits per heavy atom. The minimum atomic E-state index is -0.668. The van der Waals surface area contributed by atoms with Gasteiger partial charge in [0.15, 0.2) is 0 Å². The molecule has 0 aromatic carbocycles. The number of aliphatic hydroxyl groups excluding tert-OH is 2. The second-order valence-corrected chi connectivity index (χ2v) is 20.0. The molecule has 0 saturated carbocycles. The molecular weight excluding hydrogens is 815 g/mol. The van der Waals surface area contributed by atoms with Gasteiger partial charge in [-0.15, -0.1) is 0 Å². The SMILES string of the molecule is CCCCCC/C=C\CCCCCCCC(=O)OCC/C=C\C/C=C\CCCCCCCCCCCCCCCCC(=O)NC(CO)C(O)CCCCCCCCCCCCCCCCC. The molecular formula is C60H113NO5. The van der Waals surface area contributed by atoms with Crippen molar-refractivity contribution in [3.8, 4) is 0 Å². The van der Waals surface area contributed by atoms with Crippen molar-refractivity contribution in [3.63, 3.8) is 0 Å². The highest BCUT2D eigenvalue weighted by molar-refractivity contribution is 5.76. The summed E-state index contributed by atoms with van der Waals surface area (Å²) in [6.07, 6.45) is 68.7. The number of aliphatic hydroxyl groups is 2. The van der Waals surface area contributed by atoms with Crippen molar-refractivity contribution in [2.75, 3.05) is 13.2 Å². The first-order valence-electron chi connectivity index (χ1n) is 29.2. The minimum absolute atomic E-state index is 0.0389. The minimum Gasteiger partial charge on any atom is -0.465 e. The summed E-state index contributed by atoms with van der Waals surface area (Å²) in [7, 11) is 0. The lowest BCUT2D eigenvalue weighted by atomic mass is 10.0. The van der Waals surface area contributed by atoms with E-state index in [1.807, 2.05) is 0 Å². The van der Waals surface area contributed by atoms with Crippen molar-refractivity contribution >= 4 is 11.9 Å². The fourth-order valence-electron chi connectivity index (χ4n) is 8.94. The number of ether oxygens (including phenoxy) is 1. The molecule has 0 heterocycles. The van der Waals surface area contributed by atoms with Gasteiger partial charge >= 0.3 is 5.97 Å². The number of unbranched alkanes of at least 4 members (excludes halogenated alkanes) is 37. The molecule has 6 heteroatoms. The van der Waals surface area contributed by atoms with Gasteiger partial charge in [0, 0.05) is 12.8 Å². The fraction of sp³-hybridized carbons (Fsp3) is 0.867. The summed E-state index contributed by atoms with van der Waals surface area (Å²) in [6, 6.07) is -0.545. The van der Waals surface area contributed by atoms with Gasteiger partial charge in [-0.3, -0.25) is 9.59 Å². The zero-order valence-electron chi connectivity index (χ0n) is 44.2. The Kier molecular flexibility index (Phi) is 54.1. The molecule has 0 saturated heterocycles. The maximum absolute atomic E-state index is 12.5. The summed E-state index contributed by atoms with van der Waals surface area (Å²) >= 11 is 0. The van der Waals surface area contributed by atoms with Crippen LogP contribution in [-0.2, 0) is 14.3 Å². The molecule has 0 bridgehead atoms. The first-order chi connectivity index (χ1) is 32.5. The van der Waals surface area contributed by atoms with Gasteiger partial charge in [0.25, 0.3) is 0 Å². The Balaban J connectivity index is 3.46. The maximum atomic E-state index is 12.5. The van der Waals surface area contributed by atoms with E-state index < -0.39 is 12.1 Å². The van der Waals surface area contributed by atoms with E-state index in [1.165, 1.54) is 225 Å². The molecule has 0 aliphatic heterocycles. The summed E-state index contributed by atoms with van der Waals surface area (Å²) < 4.78 is 5.40. The van der Waals surface area contributed by atoms with Crippen LogP contribution in [0.15, 0.2) is 36.5 Å². The van der Waals surface area contributed by atoms with E-state index in [-0.39, 0.29) is 18.5 Å². The van der Waals surface area contributed by atoms with Gasteiger partial charge in [-0.25, -0.2) is 0 Å². The average molecular weight is 929 g/mol. The average Bonchev–Trinajstić information content (AvgIpc) is 3.32. The van der Waals surface area contributed by atoms with Gasteiger partial charge in [-0.2, -0.15) is 0 Å². The summed E-state index contributed by atoms with van der Waals surface area (Å²) in [6.45, 7) is 4.83. The number of rotatable bonds is 54. The van der Waals surface area contributed by atoms with Crippen molar-refractivity contribution in [3.05, 3.63) is 36.5 Å². The molecule has 6 nitrogen and oxygen atoms in total. The van der Waals surface area contributed by atoms with Gasteiger partial charge in [-0.1, -0.05) is 262 Å². The molecule has 0 spiro atoms. The van der Waals surface area contributed by atoms with Crippen LogP contribution in [0.3, 0.4) is 0 Å². The van der Waals surface area contributed by atoms with Gasteiger partial charge in [-0.05, 0) is 70.6 Å². The molecule has 2 unspecified atom stereocenters. The predicted molar refractivity (Wildman–Crippen MR) is 287 cm³/mol. The van der Waals surface area contributed by atoms with E-state index in [0.29, 0.717) is 25.9 Å². The molecule has 388 valence electrons. The monoisotopic (exact) mass is 928 g/mol. The third-order valence-electron chi connectivity index (χ3n) is 13.4. The molecule has 0 aliphatic rings. The number of amides is 1. The van der Waals surface area contributed by atoms with Crippen LogP contribution in [0.5, 0.6) is 0 Å². The Morgan fingerprint density at radius 3 is 1.18 bits per heavy atom. The first kappa shape index (κ1) is 64.1. The lowest BCUT2D eigenvalue weighted by Gasteiger charge is -2.22. The van der Waals surface area contributed by atoms with Gasteiger partial charge in [0.2, 0.25) is 5.91 Å². The third kappa shape index (κ3) is 51.5. The van der Waals surface area contributed by atoms with E-state index >= 15 is 0 Å². The van der Waals surface area contributed by atoms with Crippen molar-refractivity contribution in [2.45, 2.75) is 321 Å². The number of hydrogen-bond acceptors (Lipinski definition) is 5. The van der Waals surface area contributed by atoms with E-state index in [1.54, 1.807) is 0 Å². The van der Waals surface area contributed by atoms with Gasteiger partial charge < -0.3 is 20.3 Å². The summed E-state index contributed by atoms with van der Waals surface area (Å²) in [4.78, 5) is 24.5. The Morgan fingerprint density at radius 2 is 0.758 bits per heavy atom. The van der Waals surface area contributed by atoms with E-state index in [9.17, 15) is 19.8 Å². The molecule has 0 aromatic rings. The lowest BCUT2D eigenvalue weighted by Crippen LogP contribution is -2.45. The number of esters is 1.